The molecule has 0 amide bonds. The van der Waals surface area contributed by atoms with E-state index in [0.717, 1.165) is 23.3 Å². The van der Waals surface area contributed by atoms with E-state index in [1.165, 1.54) is 11.3 Å². The van der Waals surface area contributed by atoms with Gasteiger partial charge in [0.2, 0.25) is 0 Å². The van der Waals surface area contributed by atoms with Gasteiger partial charge in [-0.3, -0.25) is 0 Å². The van der Waals surface area contributed by atoms with Gasteiger partial charge in [-0.2, -0.15) is 4.31 Å². The molecule has 1 heterocycles. The Labute approximate surface area is 119 Å². The molecule has 1 aromatic rings. The lowest BCUT2D eigenvalue weighted by Gasteiger charge is -2.25. The summed E-state index contributed by atoms with van der Waals surface area (Å²) in [6.45, 7) is 6.83. The average molecular weight is 302 g/mol. The second-order valence-corrected chi connectivity index (χ2v) is 8.74. The van der Waals surface area contributed by atoms with Crippen LogP contribution in [0.2, 0.25) is 0 Å². The van der Waals surface area contributed by atoms with E-state index in [9.17, 15) is 8.42 Å². The zero-order valence-electron chi connectivity index (χ0n) is 11.7. The standard InChI is InChI=1S/C13H22N2O2S2/c1-9(2)15(8-11-4-5-11)19(16,17)13-6-10(3)12(7-14)18-13/h6,9,11H,4-5,7-8,14H2,1-3H3. The predicted octanol–water partition coefficient (Wildman–Crippen LogP) is 2.32. The highest BCUT2D eigenvalue weighted by Crippen LogP contribution is 2.34. The van der Waals surface area contributed by atoms with Gasteiger partial charge in [0.1, 0.15) is 4.21 Å². The van der Waals surface area contributed by atoms with Crippen LogP contribution in [0.3, 0.4) is 0 Å². The molecule has 0 unspecified atom stereocenters. The first kappa shape index (κ1) is 15.0. The molecule has 0 bridgehead atoms. The summed E-state index contributed by atoms with van der Waals surface area (Å²) in [4.78, 5) is 0.953. The molecule has 1 aromatic heterocycles. The number of nitrogens with zero attached hydrogens (tertiary/aromatic N) is 1. The Morgan fingerprint density at radius 3 is 2.53 bits per heavy atom. The second kappa shape index (κ2) is 5.52. The molecule has 108 valence electrons. The number of aryl methyl sites for hydroxylation is 1. The largest absolute Gasteiger partial charge is 0.326 e. The van der Waals surface area contributed by atoms with Crippen molar-refractivity contribution >= 4 is 21.4 Å². The molecule has 19 heavy (non-hydrogen) atoms. The van der Waals surface area contributed by atoms with Gasteiger partial charge in [0.25, 0.3) is 10.0 Å². The van der Waals surface area contributed by atoms with Crippen LogP contribution < -0.4 is 5.73 Å². The Balaban J connectivity index is 2.31. The highest BCUT2D eigenvalue weighted by atomic mass is 32.2. The molecule has 0 saturated heterocycles. The summed E-state index contributed by atoms with van der Waals surface area (Å²) < 4.78 is 27.5. The van der Waals surface area contributed by atoms with E-state index in [0.29, 0.717) is 23.2 Å². The fraction of sp³-hybridized carbons (Fsp3) is 0.692. The topological polar surface area (TPSA) is 63.4 Å². The van der Waals surface area contributed by atoms with Crippen molar-refractivity contribution in [1.29, 1.82) is 0 Å². The Hall–Kier alpha value is -0.430. The van der Waals surface area contributed by atoms with Crippen LogP contribution in [0.25, 0.3) is 0 Å². The lowest BCUT2D eigenvalue weighted by atomic mass is 10.3. The van der Waals surface area contributed by atoms with E-state index in [2.05, 4.69) is 0 Å². The highest BCUT2D eigenvalue weighted by molar-refractivity contribution is 7.91. The van der Waals surface area contributed by atoms with Crippen molar-refractivity contribution in [3.8, 4) is 0 Å². The third-order valence-corrected chi connectivity index (χ3v) is 7.21. The molecule has 0 spiro atoms. The highest BCUT2D eigenvalue weighted by Gasteiger charge is 2.34. The first-order chi connectivity index (χ1) is 8.86. The van der Waals surface area contributed by atoms with E-state index < -0.39 is 10.0 Å². The van der Waals surface area contributed by atoms with Crippen molar-refractivity contribution in [2.45, 2.75) is 50.4 Å². The molecule has 1 aliphatic rings. The number of hydrogen-bond acceptors (Lipinski definition) is 4. The third-order valence-electron chi connectivity index (χ3n) is 3.46. The Morgan fingerprint density at radius 1 is 1.47 bits per heavy atom. The van der Waals surface area contributed by atoms with Gasteiger partial charge in [0.15, 0.2) is 0 Å². The average Bonchev–Trinajstić information content (AvgIpc) is 3.07. The molecular formula is C13H22N2O2S2. The van der Waals surface area contributed by atoms with Gasteiger partial charge in [-0.05, 0) is 51.2 Å². The van der Waals surface area contributed by atoms with Crippen LogP contribution in [0.4, 0.5) is 0 Å². The predicted molar refractivity (Wildman–Crippen MR) is 78.7 cm³/mol. The maximum absolute atomic E-state index is 12.7. The minimum absolute atomic E-state index is 0.00525. The summed E-state index contributed by atoms with van der Waals surface area (Å²) in [6, 6.07) is 1.75. The van der Waals surface area contributed by atoms with Gasteiger partial charge >= 0.3 is 0 Å². The zero-order chi connectivity index (χ0) is 14.2. The van der Waals surface area contributed by atoms with Gasteiger partial charge in [-0.25, -0.2) is 8.42 Å². The molecule has 1 aliphatic carbocycles. The van der Waals surface area contributed by atoms with Crippen LogP contribution in [0.15, 0.2) is 10.3 Å². The minimum Gasteiger partial charge on any atom is -0.326 e. The minimum atomic E-state index is -3.37. The van der Waals surface area contributed by atoms with Crippen molar-refractivity contribution in [2.75, 3.05) is 6.54 Å². The van der Waals surface area contributed by atoms with Gasteiger partial charge in [-0.15, -0.1) is 11.3 Å². The van der Waals surface area contributed by atoms with E-state index in [1.807, 2.05) is 20.8 Å². The monoisotopic (exact) mass is 302 g/mol. The van der Waals surface area contributed by atoms with Crippen LogP contribution in [0.1, 0.15) is 37.1 Å². The van der Waals surface area contributed by atoms with Crippen LogP contribution in [0.5, 0.6) is 0 Å². The number of rotatable bonds is 6. The Kier molecular flexibility index (Phi) is 4.35. The normalized spacial score (nSPS) is 16.5. The molecule has 2 rings (SSSR count). The Bertz CT molecular complexity index is 545. The van der Waals surface area contributed by atoms with E-state index in [4.69, 9.17) is 5.73 Å². The number of hydrogen-bond donors (Lipinski definition) is 1. The lowest BCUT2D eigenvalue weighted by Crippen LogP contribution is -2.38. The van der Waals surface area contributed by atoms with Crippen LogP contribution >= 0.6 is 11.3 Å². The van der Waals surface area contributed by atoms with Crippen molar-refractivity contribution in [3.05, 3.63) is 16.5 Å². The smallest absolute Gasteiger partial charge is 0.252 e. The van der Waals surface area contributed by atoms with Crippen molar-refractivity contribution in [3.63, 3.8) is 0 Å². The van der Waals surface area contributed by atoms with Crippen molar-refractivity contribution in [2.24, 2.45) is 11.7 Å². The zero-order valence-corrected chi connectivity index (χ0v) is 13.4. The molecule has 1 fully saturated rings. The quantitative estimate of drug-likeness (QED) is 0.877. The van der Waals surface area contributed by atoms with Gasteiger partial charge in [0.05, 0.1) is 0 Å². The third kappa shape index (κ3) is 3.18. The fourth-order valence-electron chi connectivity index (χ4n) is 2.08. The molecule has 6 heteroatoms. The first-order valence-corrected chi connectivity index (χ1v) is 8.93. The van der Waals surface area contributed by atoms with Gasteiger partial charge in [0, 0.05) is 24.0 Å². The molecule has 0 radical (unpaired) electrons. The molecule has 0 aromatic carbocycles. The second-order valence-electron chi connectivity index (χ2n) is 5.49. The van der Waals surface area contributed by atoms with Crippen molar-refractivity contribution < 1.29 is 8.42 Å². The van der Waals surface area contributed by atoms with Crippen LogP contribution in [0, 0.1) is 12.8 Å². The summed E-state index contributed by atoms with van der Waals surface area (Å²) in [7, 11) is -3.37. The molecule has 4 nitrogen and oxygen atoms in total. The van der Waals surface area contributed by atoms with Gasteiger partial charge in [-0.1, -0.05) is 0 Å². The number of thiophene rings is 1. The molecule has 2 N–H and O–H groups in total. The van der Waals surface area contributed by atoms with E-state index in [1.54, 1.807) is 10.4 Å². The summed E-state index contributed by atoms with van der Waals surface area (Å²) in [5, 5.41) is 0. The number of sulfonamides is 1. The van der Waals surface area contributed by atoms with E-state index >= 15 is 0 Å². The summed E-state index contributed by atoms with van der Waals surface area (Å²) in [6.07, 6.45) is 2.30. The summed E-state index contributed by atoms with van der Waals surface area (Å²) in [5.41, 5.74) is 6.61. The molecular weight excluding hydrogens is 280 g/mol. The molecule has 0 aliphatic heterocycles. The first-order valence-electron chi connectivity index (χ1n) is 6.67. The number of nitrogens with two attached hydrogens (primary N) is 1. The lowest BCUT2D eigenvalue weighted by molar-refractivity contribution is 0.342. The fourth-order valence-corrected chi connectivity index (χ4v) is 5.39. The van der Waals surface area contributed by atoms with Crippen molar-refractivity contribution in [1.82, 2.24) is 4.31 Å². The Morgan fingerprint density at radius 2 is 2.11 bits per heavy atom. The maximum Gasteiger partial charge on any atom is 0.252 e. The summed E-state index contributed by atoms with van der Waals surface area (Å²) in [5.74, 6) is 0.548. The SMILES string of the molecule is Cc1cc(S(=O)(=O)N(CC2CC2)C(C)C)sc1CN. The van der Waals surface area contributed by atoms with Crippen LogP contribution in [-0.2, 0) is 16.6 Å². The molecule has 0 atom stereocenters. The maximum atomic E-state index is 12.7. The molecule has 1 saturated carbocycles. The van der Waals surface area contributed by atoms with Gasteiger partial charge < -0.3 is 5.73 Å². The summed E-state index contributed by atoms with van der Waals surface area (Å²) >= 11 is 1.31. The van der Waals surface area contributed by atoms with Crippen LogP contribution in [-0.4, -0.2) is 25.3 Å². The van der Waals surface area contributed by atoms with E-state index in [-0.39, 0.29) is 6.04 Å².